The number of alkyl halides is 1. The van der Waals surface area contributed by atoms with E-state index >= 15 is 0 Å². The molecule has 0 saturated heterocycles. The smallest absolute Gasteiger partial charge is 0.302 e. The molecule has 0 radical (unpaired) electrons. The topological polar surface area (TPSA) is 39.1 Å². The first-order valence-corrected chi connectivity index (χ1v) is 6.26. The van der Waals surface area contributed by atoms with E-state index in [1.807, 2.05) is 6.07 Å². The van der Waals surface area contributed by atoms with Gasteiger partial charge in [0.1, 0.15) is 0 Å². The van der Waals surface area contributed by atoms with Crippen molar-refractivity contribution in [2.75, 3.05) is 5.33 Å². The maximum Gasteiger partial charge on any atom is 0.307 e. The van der Waals surface area contributed by atoms with E-state index in [2.05, 4.69) is 15.9 Å². The summed E-state index contributed by atoms with van der Waals surface area (Å²) in [5, 5.41) is 0.302. The van der Waals surface area contributed by atoms with Crippen LogP contribution in [0.3, 0.4) is 0 Å². The molecule has 0 aliphatic heterocycles. The van der Waals surface area contributed by atoms with E-state index in [-0.39, 0.29) is 10.7 Å². The van der Waals surface area contributed by atoms with Gasteiger partial charge in [0.05, 0.1) is 15.5 Å². The van der Waals surface area contributed by atoms with Crippen LogP contribution >= 0.6 is 27.3 Å². The predicted molar refractivity (Wildman–Crippen MR) is 65.2 cm³/mol. The largest absolute Gasteiger partial charge is 0.307 e. The van der Waals surface area contributed by atoms with E-state index < -0.39 is 0 Å². The molecule has 0 saturated carbocycles. The maximum absolute atomic E-state index is 11.4. The van der Waals surface area contributed by atoms with Gasteiger partial charge in [-0.05, 0) is 18.2 Å². The number of benzene rings is 1. The van der Waals surface area contributed by atoms with Crippen LogP contribution in [0.4, 0.5) is 0 Å². The first kappa shape index (κ1) is 10.6. The van der Waals surface area contributed by atoms with Gasteiger partial charge >= 0.3 is 4.87 Å². The molecule has 2 rings (SSSR count). The number of carbonyl (C=O) groups is 1. The second kappa shape index (κ2) is 3.90. The van der Waals surface area contributed by atoms with Gasteiger partial charge in [-0.2, -0.15) is 0 Å². The highest BCUT2D eigenvalue weighted by atomic mass is 79.9. The Morgan fingerprint density at radius 3 is 2.93 bits per heavy atom. The minimum absolute atomic E-state index is 0.00607. The molecule has 15 heavy (non-hydrogen) atoms. The first-order valence-electron chi connectivity index (χ1n) is 4.32. The van der Waals surface area contributed by atoms with Crippen molar-refractivity contribution in [3.05, 3.63) is 33.4 Å². The Morgan fingerprint density at radius 1 is 1.53 bits per heavy atom. The Morgan fingerprint density at radius 2 is 2.27 bits per heavy atom. The molecule has 5 heteroatoms. The summed E-state index contributed by atoms with van der Waals surface area (Å²) >= 11 is 4.31. The van der Waals surface area contributed by atoms with Crippen LogP contribution in [0.2, 0.25) is 0 Å². The predicted octanol–water partition coefficient (Wildman–Crippen LogP) is 2.18. The van der Waals surface area contributed by atoms with Gasteiger partial charge in [-0.25, -0.2) is 0 Å². The summed E-state index contributed by atoms with van der Waals surface area (Å²) in [6.45, 7) is 0. The van der Waals surface area contributed by atoms with Gasteiger partial charge in [-0.3, -0.25) is 9.59 Å². The molecule has 1 aromatic heterocycles. The van der Waals surface area contributed by atoms with Crippen molar-refractivity contribution in [1.82, 2.24) is 4.57 Å². The number of rotatable bonds is 2. The number of fused-ring (bicyclic) bond motifs is 1. The van der Waals surface area contributed by atoms with Crippen LogP contribution in [0.5, 0.6) is 0 Å². The second-order valence-corrected chi connectivity index (χ2v) is 4.72. The average Bonchev–Trinajstić information content (AvgIpc) is 2.54. The fourth-order valence-electron chi connectivity index (χ4n) is 1.38. The zero-order valence-corrected chi connectivity index (χ0v) is 10.4. The fraction of sp³-hybridized carbons (Fsp3) is 0.200. The molecule has 0 fully saturated rings. The number of aromatic nitrogens is 1. The van der Waals surface area contributed by atoms with E-state index in [4.69, 9.17) is 0 Å². The van der Waals surface area contributed by atoms with Crippen molar-refractivity contribution in [1.29, 1.82) is 0 Å². The van der Waals surface area contributed by atoms with Crippen molar-refractivity contribution >= 4 is 43.3 Å². The molecule has 1 aromatic carbocycles. The van der Waals surface area contributed by atoms with Crippen LogP contribution in [0.15, 0.2) is 23.0 Å². The number of ketones is 1. The fourth-order valence-corrected chi connectivity index (χ4v) is 2.56. The second-order valence-electron chi connectivity index (χ2n) is 3.17. The summed E-state index contributed by atoms with van der Waals surface area (Å²) in [5.74, 6) is 0.0237. The SMILES string of the molecule is Cn1c(=O)sc2ccc(C(=O)CBr)cc21. The Hall–Kier alpha value is -0.940. The third-order valence-corrected chi connectivity index (χ3v) is 3.76. The van der Waals surface area contributed by atoms with Gasteiger partial charge in [-0.15, -0.1) is 0 Å². The molecule has 0 aliphatic carbocycles. The Bertz CT molecular complexity index is 585. The zero-order chi connectivity index (χ0) is 11.0. The highest BCUT2D eigenvalue weighted by Crippen LogP contribution is 2.18. The van der Waals surface area contributed by atoms with Gasteiger partial charge in [0.2, 0.25) is 0 Å². The van der Waals surface area contributed by atoms with E-state index in [0.29, 0.717) is 10.9 Å². The number of halogens is 1. The molecule has 2 aromatic rings. The highest BCUT2D eigenvalue weighted by Gasteiger charge is 2.08. The van der Waals surface area contributed by atoms with Crippen LogP contribution in [0, 0.1) is 0 Å². The molecule has 0 amide bonds. The minimum Gasteiger partial charge on any atom is -0.302 e. The van der Waals surface area contributed by atoms with Crippen LogP contribution < -0.4 is 4.87 Å². The molecule has 1 heterocycles. The number of aryl methyl sites for hydroxylation is 1. The molecule has 78 valence electrons. The minimum atomic E-state index is -0.00607. The molecular weight excluding hydrogens is 278 g/mol. The molecule has 0 aliphatic rings. The lowest BCUT2D eigenvalue weighted by atomic mass is 10.1. The first-order chi connectivity index (χ1) is 7.13. The quantitative estimate of drug-likeness (QED) is 0.627. The van der Waals surface area contributed by atoms with E-state index in [1.165, 1.54) is 11.3 Å². The van der Waals surface area contributed by atoms with E-state index in [1.54, 1.807) is 23.7 Å². The van der Waals surface area contributed by atoms with Crippen molar-refractivity contribution in [2.24, 2.45) is 7.05 Å². The Labute approximate surface area is 98.5 Å². The summed E-state index contributed by atoms with van der Waals surface area (Å²) in [5.41, 5.74) is 1.45. The van der Waals surface area contributed by atoms with Crippen LogP contribution in [0.25, 0.3) is 10.2 Å². The summed E-state index contributed by atoms with van der Waals surface area (Å²) in [4.78, 5) is 22.8. The monoisotopic (exact) mass is 285 g/mol. The Kier molecular flexibility index (Phi) is 2.75. The van der Waals surface area contributed by atoms with Crippen LogP contribution in [-0.4, -0.2) is 15.7 Å². The number of carbonyl (C=O) groups excluding carboxylic acids is 1. The van der Waals surface area contributed by atoms with Crippen molar-refractivity contribution in [3.63, 3.8) is 0 Å². The summed E-state index contributed by atoms with van der Waals surface area (Å²) in [6.07, 6.45) is 0. The van der Waals surface area contributed by atoms with Crippen molar-refractivity contribution < 1.29 is 4.79 Å². The molecule has 0 N–H and O–H groups in total. The van der Waals surface area contributed by atoms with Gasteiger partial charge in [0.15, 0.2) is 5.78 Å². The van der Waals surface area contributed by atoms with Crippen LogP contribution in [-0.2, 0) is 7.05 Å². The van der Waals surface area contributed by atoms with Gasteiger partial charge in [0, 0.05) is 12.6 Å². The van der Waals surface area contributed by atoms with E-state index in [9.17, 15) is 9.59 Å². The molecule has 0 bridgehead atoms. The number of thiazole rings is 1. The highest BCUT2D eigenvalue weighted by molar-refractivity contribution is 9.09. The summed E-state index contributed by atoms with van der Waals surface area (Å²) < 4.78 is 2.47. The lowest BCUT2D eigenvalue weighted by molar-refractivity contribution is 0.102. The lowest BCUT2D eigenvalue weighted by Gasteiger charge is -1.98. The lowest BCUT2D eigenvalue weighted by Crippen LogP contribution is -2.07. The summed E-state index contributed by atoms with van der Waals surface area (Å²) in [7, 11) is 1.71. The molecular formula is C10H8BrNO2S. The van der Waals surface area contributed by atoms with Gasteiger partial charge in [-0.1, -0.05) is 27.3 Å². The Balaban J connectivity index is 2.69. The number of hydrogen-bond acceptors (Lipinski definition) is 3. The van der Waals surface area contributed by atoms with E-state index in [0.717, 1.165) is 10.2 Å². The summed E-state index contributed by atoms with van der Waals surface area (Å²) in [6, 6.07) is 5.33. The number of hydrogen-bond donors (Lipinski definition) is 0. The van der Waals surface area contributed by atoms with Gasteiger partial charge in [0.25, 0.3) is 0 Å². The number of nitrogens with zero attached hydrogens (tertiary/aromatic N) is 1. The van der Waals surface area contributed by atoms with Crippen molar-refractivity contribution in [3.8, 4) is 0 Å². The third-order valence-electron chi connectivity index (χ3n) is 2.23. The number of Topliss-reactive ketones (excluding diaryl/α,β-unsaturated/α-hetero) is 1. The van der Waals surface area contributed by atoms with Crippen LogP contribution in [0.1, 0.15) is 10.4 Å². The van der Waals surface area contributed by atoms with Gasteiger partial charge < -0.3 is 4.57 Å². The molecule has 3 nitrogen and oxygen atoms in total. The molecule has 0 spiro atoms. The zero-order valence-electron chi connectivity index (χ0n) is 7.99. The molecule has 0 unspecified atom stereocenters. The normalized spacial score (nSPS) is 10.8. The third kappa shape index (κ3) is 1.77. The molecule has 0 atom stereocenters. The average molecular weight is 286 g/mol. The standard InChI is InChI=1S/C10H8BrNO2S/c1-12-7-4-6(8(13)5-11)2-3-9(7)15-10(12)14/h2-4H,5H2,1H3. The van der Waals surface area contributed by atoms with Crippen molar-refractivity contribution in [2.45, 2.75) is 0 Å². The maximum atomic E-state index is 11.4.